The molecule has 102 valence electrons. The van der Waals surface area contributed by atoms with Crippen LogP contribution >= 0.6 is 0 Å². The summed E-state index contributed by atoms with van der Waals surface area (Å²) in [5.41, 5.74) is 8.81. The molecule has 0 radical (unpaired) electrons. The molecule has 3 nitrogen and oxygen atoms in total. The van der Waals surface area contributed by atoms with Crippen LogP contribution in [0.2, 0.25) is 0 Å². The van der Waals surface area contributed by atoms with E-state index in [2.05, 4.69) is 13.8 Å². The standard InChI is InChI=1S/C15H27N3/c1-11(2)10-13-14(17-18(3)15(13)16)12-8-6-4-5-7-9-12/h11-12H,4-10,16H2,1-3H3. The van der Waals surface area contributed by atoms with Crippen molar-refractivity contribution in [1.82, 2.24) is 9.78 Å². The van der Waals surface area contributed by atoms with E-state index in [0.717, 1.165) is 12.2 Å². The summed E-state index contributed by atoms with van der Waals surface area (Å²) in [5.74, 6) is 2.16. The van der Waals surface area contributed by atoms with Crippen LogP contribution in [-0.4, -0.2) is 9.78 Å². The Labute approximate surface area is 111 Å². The van der Waals surface area contributed by atoms with Crippen LogP contribution in [0.1, 0.15) is 69.5 Å². The van der Waals surface area contributed by atoms with Crippen molar-refractivity contribution in [2.45, 2.75) is 64.7 Å². The molecular formula is C15H27N3. The Hall–Kier alpha value is -0.990. The van der Waals surface area contributed by atoms with Gasteiger partial charge in [0.05, 0.1) is 5.69 Å². The molecular weight excluding hydrogens is 222 g/mol. The van der Waals surface area contributed by atoms with Crippen molar-refractivity contribution in [3.8, 4) is 0 Å². The summed E-state index contributed by atoms with van der Waals surface area (Å²) in [5, 5.41) is 4.72. The Morgan fingerprint density at radius 3 is 2.39 bits per heavy atom. The molecule has 1 fully saturated rings. The van der Waals surface area contributed by atoms with Crippen molar-refractivity contribution in [1.29, 1.82) is 0 Å². The molecule has 1 aliphatic rings. The van der Waals surface area contributed by atoms with Crippen LogP contribution in [0.4, 0.5) is 5.82 Å². The van der Waals surface area contributed by atoms with Crippen LogP contribution in [0.15, 0.2) is 0 Å². The number of aromatic nitrogens is 2. The zero-order chi connectivity index (χ0) is 13.1. The lowest BCUT2D eigenvalue weighted by atomic mass is 9.91. The van der Waals surface area contributed by atoms with E-state index in [0.29, 0.717) is 11.8 Å². The molecule has 0 atom stereocenters. The van der Waals surface area contributed by atoms with E-state index in [9.17, 15) is 0 Å². The number of nitrogen functional groups attached to an aromatic ring is 1. The molecule has 0 aliphatic heterocycles. The highest BCUT2D eigenvalue weighted by molar-refractivity contribution is 5.45. The third kappa shape index (κ3) is 2.88. The van der Waals surface area contributed by atoms with Gasteiger partial charge in [-0.15, -0.1) is 0 Å². The van der Waals surface area contributed by atoms with E-state index < -0.39 is 0 Å². The van der Waals surface area contributed by atoms with Crippen molar-refractivity contribution in [2.24, 2.45) is 13.0 Å². The normalized spacial score (nSPS) is 18.2. The molecule has 0 aromatic carbocycles. The van der Waals surface area contributed by atoms with E-state index in [1.54, 1.807) is 0 Å². The number of rotatable bonds is 3. The topological polar surface area (TPSA) is 43.8 Å². The average Bonchev–Trinajstić information content (AvgIpc) is 2.57. The van der Waals surface area contributed by atoms with E-state index in [4.69, 9.17) is 10.8 Å². The Kier molecular flexibility index (Phi) is 4.31. The first-order chi connectivity index (χ1) is 8.59. The molecule has 0 amide bonds. The second-order valence-corrected chi connectivity index (χ2v) is 6.16. The third-order valence-electron chi connectivity index (χ3n) is 4.08. The van der Waals surface area contributed by atoms with Gasteiger partial charge in [0, 0.05) is 18.5 Å². The zero-order valence-electron chi connectivity index (χ0n) is 12.1. The largest absolute Gasteiger partial charge is 0.384 e. The minimum Gasteiger partial charge on any atom is -0.384 e. The summed E-state index contributed by atoms with van der Waals surface area (Å²) in [7, 11) is 1.97. The van der Waals surface area contributed by atoms with Gasteiger partial charge < -0.3 is 5.73 Å². The van der Waals surface area contributed by atoms with Gasteiger partial charge in [-0.2, -0.15) is 5.10 Å². The first-order valence-electron chi connectivity index (χ1n) is 7.40. The Morgan fingerprint density at radius 2 is 1.83 bits per heavy atom. The van der Waals surface area contributed by atoms with Gasteiger partial charge in [0.25, 0.3) is 0 Å². The van der Waals surface area contributed by atoms with Gasteiger partial charge in [-0.1, -0.05) is 39.5 Å². The van der Waals surface area contributed by atoms with Crippen molar-refractivity contribution < 1.29 is 0 Å². The Balaban J connectivity index is 2.27. The second-order valence-electron chi connectivity index (χ2n) is 6.16. The minimum absolute atomic E-state index is 0.640. The van der Waals surface area contributed by atoms with Crippen LogP contribution in [-0.2, 0) is 13.5 Å². The molecule has 0 saturated heterocycles. The highest BCUT2D eigenvalue weighted by Gasteiger charge is 2.23. The predicted octanol–water partition coefficient (Wildman–Crippen LogP) is 3.64. The zero-order valence-corrected chi connectivity index (χ0v) is 12.1. The fourth-order valence-corrected chi connectivity index (χ4v) is 3.10. The van der Waals surface area contributed by atoms with E-state index in [1.165, 1.54) is 49.8 Å². The fraction of sp³-hybridized carbons (Fsp3) is 0.800. The maximum Gasteiger partial charge on any atom is 0.124 e. The highest BCUT2D eigenvalue weighted by atomic mass is 15.3. The summed E-state index contributed by atoms with van der Waals surface area (Å²) < 4.78 is 1.87. The fourth-order valence-electron chi connectivity index (χ4n) is 3.10. The van der Waals surface area contributed by atoms with Gasteiger partial charge >= 0.3 is 0 Å². The molecule has 1 aliphatic carbocycles. The number of nitrogens with two attached hydrogens (primary N) is 1. The maximum absolute atomic E-state index is 6.20. The molecule has 0 spiro atoms. The maximum atomic E-state index is 6.20. The van der Waals surface area contributed by atoms with Gasteiger partial charge in [0.2, 0.25) is 0 Å². The van der Waals surface area contributed by atoms with E-state index in [-0.39, 0.29) is 0 Å². The van der Waals surface area contributed by atoms with Gasteiger partial charge in [0.15, 0.2) is 0 Å². The summed E-state index contributed by atoms with van der Waals surface area (Å²) in [4.78, 5) is 0. The summed E-state index contributed by atoms with van der Waals surface area (Å²) in [6.45, 7) is 4.51. The van der Waals surface area contributed by atoms with Crippen LogP contribution < -0.4 is 5.73 Å². The molecule has 1 saturated carbocycles. The highest BCUT2D eigenvalue weighted by Crippen LogP contribution is 2.35. The Morgan fingerprint density at radius 1 is 1.22 bits per heavy atom. The molecule has 1 aromatic rings. The SMILES string of the molecule is CC(C)Cc1c(C2CCCCCC2)nn(C)c1N. The smallest absolute Gasteiger partial charge is 0.124 e. The van der Waals surface area contributed by atoms with Crippen molar-refractivity contribution in [3.05, 3.63) is 11.3 Å². The van der Waals surface area contributed by atoms with Crippen molar-refractivity contribution >= 4 is 5.82 Å². The summed E-state index contributed by atoms with van der Waals surface area (Å²) in [6, 6.07) is 0. The first kappa shape index (κ1) is 13.4. The van der Waals surface area contributed by atoms with Gasteiger partial charge in [-0.25, -0.2) is 0 Å². The summed E-state index contributed by atoms with van der Waals surface area (Å²) in [6.07, 6.45) is 9.12. The van der Waals surface area contributed by atoms with Crippen molar-refractivity contribution in [2.75, 3.05) is 5.73 Å². The van der Waals surface area contributed by atoms with Crippen molar-refractivity contribution in [3.63, 3.8) is 0 Å². The molecule has 0 unspecified atom stereocenters. The molecule has 0 bridgehead atoms. The van der Waals surface area contributed by atoms with Gasteiger partial charge in [0.1, 0.15) is 5.82 Å². The number of anilines is 1. The van der Waals surface area contributed by atoms with E-state index in [1.807, 2.05) is 11.7 Å². The molecule has 2 N–H and O–H groups in total. The number of hydrogen-bond acceptors (Lipinski definition) is 2. The lowest BCUT2D eigenvalue weighted by Gasteiger charge is -2.14. The van der Waals surface area contributed by atoms with Gasteiger partial charge in [-0.05, 0) is 25.2 Å². The lowest BCUT2D eigenvalue weighted by Crippen LogP contribution is -2.05. The molecule has 1 aromatic heterocycles. The number of nitrogens with zero attached hydrogens (tertiary/aromatic N) is 2. The quantitative estimate of drug-likeness (QED) is 0.831. The first-order valence-corrected chi connectivity index (χ1v) is 7.40. The molecule has 18 heavy (non-hydrogen) atoms. The second kappa shape index (κ2) is 5.77. The molecule has 2 rings (SSSR count). The van der Waals surface area contributed by atoms with E-state index >= 15 is 0 Å². The average molecular weight is 249 g/mol. The third-order valence-corrected chi connectivity index (χ3v) is 4.08. The predicted molar refractivity (Wildman–Crippen MR) is 76.6 cm³/mol. The number of hydrogen-bond donors (Lipinski definition) is 1. The monoisotopic (exact) mass is 249 g/mol. The van der Waals surface area contributed by atoms with Crippen LogP contribution in [0.5, 0.6) is 0 Å². The van der Waals surface area contributed by atoms with Crippen LogP contribution in [0.25, 0.3) is 0 Å². The molecule has 3 heteroatoms. The Bertz CT molecular complexity index is 385. The summed E-state index contributed by atoms with van der Waals surface area (Å²) >= 11 is 0. The van der Waals surface area contributed by atoms with Crippen LogP contribution in [0.3, 0.4) is 0 Å². The molecule has 1 heterocycles. The minimum atomic E-state index is 0.640. The van der Waals surface area contributed by atoms with Crippen LogP contribution in [0, 0.1) is 5.92 Å². The van der Waals surface area contributed by atoms with Gasteiger partial charge in [-0.3, -0.25) is 4.68 Å². The number of aryl methyl sites for hydroxylation is 1. The lowest BCUT2D eigenvalue weighted by molar-refractivity contribution is 0.555.